The number of para-hydroxylation sites is 1. The summed E-state index contributed by atoms with van der Waals surface area (Å²) in [5, 5.41) is 5.89. The van der Waals surface area contributed by atoms with Crippen LogP contribution in [0, 0.1) is 0 Å². The summed E-state index contributed by atoms with van der Waals surface area (Å²) in [4.78, 5) is 29.3. The summed E-state index contributed by atoms with van der Waals surface area (Å²) >= 11 is 1.03. The second-order valence-corrected chi connectivity index (χ2v) is 9.43. The van der Waals surface area contributed by atoms with Crippen molar-refractivity contribution in [2.24, 2.45) is 10.1 Å². The molecule has 0 aliphatic rings. The molecule has 0 spiro atoms. The summed E-state index contributed by atoms with van der Waals surface area (Å²) in [6.45, 7) is 1.64. The highest BCUT2D eigenvalue weighted by Crippen LogP contribution is 2.29. The third-order valence-electron chi connectivity index (χ3n) is 4.71. The number of furan rings is 1. The lowest BCUT2D eigenvalue weighted by atomic mass is 10.2. The van der Waals surface area contributed by atoms with Crippen molar-refractivity contribution in [3.8, 4) is 5.75 Å². The number of esters is 1. The first-order valence-electron chi connectivity index (χ1n) is 9.68. The number of rotatable bonds is 6. The van der Waals surface area contributed by atoms with Gasteiger partial charge >= 0.3 is 11.9 Å². The van der Waals surface area contributed by atoms with Gasteiger partial charge in [-0.2, -0.15) is 4.99 Å². The Hall–Kier alpha value is -3.48. The Labute approximate surface area is 191 Å². The fourth-order valence-corrected chi connectivity index (χ4v) is 4.93. The summed E-state index contributed by atoms with van der Waals surface area (Å²) < 4.78 is 41.4. The van der Waals surface area contributed by atoms with Crippen molar-refractivity contribution in [2.45, 2.75) is 18.4 Å². The van der Waals surface area contributed by atoms with Crippen LogP contribution in [0.1, 0.15) is 17.5 Å². The number of aromatic nitrogens is 1. The minimum Gasteiger partial charge on any atom is -0.493 e. The number of primary sulfonamides is 1. The van der Waals surface area contributed by atoms with Gasteiger partial charge in [0.2, 0.25) is 10.0 Å². The third-order valence-corrected chi connectivity index (χ3v) is 6.66. The first-order chi connectivity index (χ1) is 15.7. The van der Waals surface area contributed by atoms with Gasteiger partial charge in [-0.1, -0.05) is 23.5 Å². The minimum absolute atomic E-state index is 0.0140. The van der Waals surface area contributed by atoms with E-state index in [4.69, 9.17) is 19.0 Å². The third kappa shape index (κ3) is 4.53. The van der Waals surface area contributed by atoms with E-state index in [0.29, 0.717) is 26.9 Å². The second kappa shape index (κ2) is 8.81. The van der Waals surface area contributed by atoms with Gasteiger partial charge in [-0.05, 0) is 37.3 Å². The zero-order chi connectivity index (χ0) is 23.8. The van der Waals surface area contributed by atoms with Crippen LogP contribution in [0.15, 0.2) is 56.8 Å². The number of thiazole rings is 1. The fraction of sp³-hybridized carbons (Fsp3) is 0.190. The average Bonchev–Trinajstić information content (AvgIpc) is 3.34. The first kappa shape index (κ1) is 22.7. The van der Waals surface area contributed by atoms with Gasteiger partial charge in [0.25, 0.3) is 0 Å². The second-order valence-electron chi connectivity index (χ2n) is 6.86. The van der Waals surface area contributed by atoms with Crippen LogP contribution < -0.4 is 14.7 Å². The number of sulfonamides is 1. The lowest BCUT2D eigenvalue weighted by Gasteiger charge is -2.05. The molecule has 0 radical (unpaired) electrons. The van der Waals surface area contributed by atoms with E-state index in [-0.39, 0.29) is 28.6 Å². The number of carbonyl (C=O) groups excluding carboxylic acids is 2. The van der Waals surface area contributed by atoms with E-state index >= 15 is 0 Å². The number of hydrogen-bond donors (Lipinski definition) is 1. The summed E-state index contributed by atoms with van der Waals surface area (Å²) in [7, 11) is -2.44. The van der Waals surface area contributed by atoms with Crippen LogP contribution in [0.2, 0.25) is 0 Å². The highest BCUT2D eigenvalue weighted by atomic mass is 32.2. The Bertz CT molecular complexity index is 1560. The van der Waals surface area contributed by atoms with E-state index in [1.165, 1.54) is 29.9 Å². The zero-order valence-electron chi connectivity index (χ0n) is 17.6. The van der Waals surface area contributed by atoms with Crippen molar-refractivity contribution in [3.63, 3.8) is 0 Å². The van der Waals surface area contributed by atoms with Gasteiger partial charge in [0.1, 0.15) is 6.54 Å². The van der Waals surface area contributed by atoms with E-state index in [1.54, 1.807) is 31.2 Å². The van der Waals surface area contributed by atoms with Crippen molar-refractivity contribution in [1.82, 2.24) is 4.57 Å². The Kier molecular flexibility index (Phi) is 6.06. The quantitative estimate of drug-likeness (QED) is 0.410. The number of carbonyl (C=O) groups is 2. The molecule has 2 N–H and O–H groups in total. The summed E-state index contributed by atoms with van der Waals surface area (Å²) in [6.07, 6.45) is 0. The van der Waals surface area contributed by atoms with Gasteiger partial charge in [0.05, 0.1) is 28.8 Å². The van der Waals surface area contributed by atoms with E-state index in [0.717, 1.165) is 11.3 Å². The molecule has 2 aromatic heterocycles. The van der Waals surface area contributed by atoms with Crippen molar-refractivity contribution in [3.05, 3.63) is 53.0 Å². The zero-order valence-corrected chi connectivity index (χ0v) is 19.2. The number of amides is 1. The molecule has 33 heavy (non-hydrogen) atoms. The highest BCUT2D eigenvalue weighted by Gasteiger charge is 2.18. The molecule has 2 heterocycles. The van der Waals surface area contributed by atoms with Crippen LogP contribution in [-0.4, -0.2) is 38.6 Å². The van der Waals surface area contributed by atoms with Crippen LogP contribution in [0.4, 0.5) is 0 Å². The molecule has 0 unspecified atom stereocenters. The van der Waals surface area contributed by atoms with Gasteiger partial charge in [-0.25, -0.2) is 13.6 Å². The molecule has 0 fully saturated rings. The molecule has 1 amide bonds. The van der Waals surface area contributed by atoms with Crippen molar-refractivity contribution in [1.29, 1.82) is 0 Å². The van der Waals surface area contributed by atoms with Gasteiger partial charge in [-0.3, -0.25) is 9.59 Å². The maximum Gasteiger partial charge on any atom is 0.326 e. The fourth-order valence-electron chi connectivity index (χ4n) is 3.25. The predicted molar refractivity (Wildman–Crippen MR) is 120 cm³/mol. The molecular weight excluding hydrogens is 470 g/mol. The molecule has 10 nitrogen and oxygen atoms in total. The molecule has 0 aliphatic carbocycles. The summed E-state index contributed by atoms with van der Waals surface area (Å²) in [5.74, 6) is -0.750. The molecule has 4 rings (SSSR count). The topological polar surface area (TPSA) is 143 Å². The number of nitrogens with zero attached hydrogens (tertiary/aromatic N) is 2. The Balaban J connectivity index is 1.85. The van der Waals surface area contributed by atoms with Gasteiger partial charge < -0.3 is 18.5 Å². The molecule has 0 saturated heterocycles. The van der Waals surface area contributed by atoms with Crippen LogP contribution in [-0.2, 0) is 26.1 Å². The average molecular weight is 490 g/mol. The smallest absolute Gasteiger partial charge is 0.326 e. The maximum atomic E-state index is 12.9. The minimum atomic E-state index is -3.94. The molecule has 12 heteroatoms. The SMILES string of the molecule is CCOC(=O)Cn1c(=NC(=O)c2cc3cccc(OC)c3o2)sc2cc(S(N)(=O)=O)ccc21. The Morgan fingerprint density at radius 1 is 1.21 bits per heavy atom. The number of methoxy groups -OCH3 is 1. The number of hydrogen-bond acceptors (Lipinski definition) is 8. The number of fused-ring (bicyclic) bond motifs is 2. The van der Waals surface area contributed by atoms with Crippen molar-refractivity contribution < 1.29 is 31.9 Å². The molecule has 0 bridgehead atoms. The predicted octanol–water partition coefficient (Wildman–Crippen LogP) is 2.41. The molecule has 172 valence electrons. The van der Waals surface area contributed by atoms with Crippen LogP contribution >= 0.6 is 11.3 Å². The molecule has 2 aromatic carbocycles. The van der Waals surface area contributed by atoms with E-state index < -0.39 is 21.9 Å². The first-order valence-corrected chi connectivity index (χ1v) is 12.0. The summed E-state index contributed by atoms with van der Waals surface area (Å²) in [5.41, 5.74) is 0.908. The normalized spacial score (nSPS) is 12.4. The van der Waals surface area contributed by atoms with Crippen LogP contribution in [0.25, 0.3) is 21.2 Å². The molecule has 0 aliphatic heterocycles. The summed E-state index contributed by atoms with van der Waals surface area (Å²) in [6, 6.07) is 11.0. The van der Waals surface area contributed by atoms with Crippen molar-refractivity contribution >= 4 is 54.4 Å². The molecule has 0 saturated carbocycles. The van der Waals surface area contributed by atoms with Gasteiger partial charge in [-0.15, -0.1) is 0 Å². The Morgan fingerprint density at radius 3 is 2.70 bits per heavy atom. The standard InChI is InChI=1S/C21H19N3O7S2/c1-3-30-18(25)11-24-14-8-7-13(33(22,27)28)10-17(14)32-21(24)23-20(26)16-9-12-5-4-6-15(29-2)19(12)31-16/h4-10H,3,11H2,1-2H3,(H2,22,27,28). The van der Waals surface area contributed by atoms with Crippen LogP contribution in [0.5, 0.6) is 5.75 Å². The lowest BCUT2D eigenvalue weighted by Crippen LogP contribution is -2.23. The van der Waals surface area contributed by atoms with Gasteiger partial charge in [0.15, 0.2) is 21.9 Å². The molecule has 4 aromatic rings. The van der Waals surface area contributed by atoms with E-state index in [9.17, 15) is 18.0 Å². The van der Waals surface area contributed by atoms with Crippen LogP contribution in [0.3, 0.4) is 0 Å². The molecule has 0 atom stereocenters. The number of benzene rings is 2. The van der Waals surface area contributed by atoms with Gasteiger partial charge in [0, 0.05) is 5.39 Å². The van der Waals surface area contributed by atoms with E-state index in [2.05, 4.69) is 4.99 Å². The number of nitrogens with two attached hydrogens (primary N) is 1. The lowest BCUT2D eigenvalue weighted by molar-refractivity contribution is -0.143. The van der Waals surface area contributed by atoms with E-state index in [1.807, 2.05) is 0 Å². The maximum absolute atomic E-state index is 12.9. The highest BCUT2D eigenvalue weighted by molar-refractivity contribution is 7.89. The van der Waals surface area contributed by atoms with Crippen molar-refractivity contribution in [2.75, 3.05) is 13.7 Å². The molecular formula is C21H19N3O7S2. The monoisotopic (exact) mass is 489 g/mol. The largest absolute Gasteiger partial charge is 0.493 e. The number of ether oxygens (including phenoxy) is 2. The Morgan fingerprint density at radius 2 is 2.00 bits per heavy atom.